The van der Waals surface area contributed by atoms with Crippen LogP contribution < -0.4 is 21.3 Å². The third-order valence-electron chi connectivity index (χ3n) is 5.12. The molecule has 0 saturated carbocycles. The average Bonchev–Trinajstić information content (AvgIpc) is 3.20. The zero-order valence-electron chi connectivity index (χ0n) is 17.3. The van der Waals surface area contributed by atoms with Gasteiger partial charge in [-0.05, 0) is 23.8 Å². The van der Waals surface area contributed by atoms with Crippen molar-refractivity contribution in [2.45, 2.75) is 6.54 Å². The quantitative estimate of drug-likeness (QED) is 0.531. The van der Waals surface area contributed by atoms with Crippen molar-refractivity contribution in [3.63, 3.8) is 0 Å². The molecule has 0 radical (unpaired) electrons. The monoisotopic (exact) mass is 419 g/mol. The third-order valence-corrected chi connectivity index (χ3v) is 5.12. The predicted molar refractivity (Wildman–Crippen MR) is 117 cm³/mol. The number of fused-ring (bicyclic) bond motifs is 1. The number of para-hydroxylation sites is 1. The van der Waals surface area contributed by atoms with Crippen LogP contribution in [0, 0.1) is 0 Å². The second kappa shape index (κ2) is 7.94. The lowest BCUT2D eigenvalue weighted by Crippen LogP contribution is -2.37. The number of anilines is 1. The van der Waals surface area contributed by atoms with E-state index in [1.165, 1.54) is 29.6 Å². The number of hydrogen-bond acceptors (Lipinski definition) is 5. The van der Waals surface area contributed by atoms with Crippen LogP contribution in [0.5, 0.6) is 5.75 Å². The van der Waals surface area contributed by atoms with Crippen LogP contribution in [-0.4, -0.2) is 31.7 Å². The molecule has 1 amide bonds. The molecular weight excluding hydrogens is 398 g/mol. The summed E-state index contributed by atoms with van der Waals surface area (Å²) in [6.07, 6.45) is 1.38. The first kappa shape index (κ1) is 20.1. The molecule has 4 aromatic rings. The largest absolute Gasteiger partial charge is 0.496 e. The molecule has 0 fully saturated rings. The van der Waals surface area contributed by atoms with E-state index in [2.05, 4.69) is 10.3 Å². The molecular formula is C22H21N5O4. The summed E-state index contributed by atoms with van der Waals surface area (Å²) in [6.45, 7) is -0.113. The fourth-order valence-electron chi connectivity index (χ4n) is 3.49. The number of methoxy groups -OCH3 is 1. The number of carbonyl (C=O) groups is 1. The van der Waals surface area contributed by atoms with E-state index in [0.29, 0.717) is 5.69 Å². The second-order valence-corrected chi connectivity index (χ2v) is 7.08. The van der Waals surface area contributed by atoms with E-state index in [1.54, 1.807) is 19.2 Å². The Morgan fingerprint density at radius 2 is 1.74 bits per heavy atom. The summed E-state index contributed by atoms with van der Waals surface area (Å²) in [6, 6.07) is 15.1. The molecule has 0 aliphatic heterocycles. The van der Waals surface area contributed by atoms with Crippen LogP contribution in [0.25, 0.3) is 22.3 Å². The smallest absolute Gasteiger partial charge is 0.332 e. The fraction of sp³-hybridized carbons (Fsp3) is 0.182. The van der Waals surface area contributed by atoms with Crippen LogP contribution >= 0.6 is 0 Å². The Labute approximate surface area is 177 Å². The average molecular weight is 419 g/mol. The molecule has 9 nitrogen and oxygen atoms in total. The summed E-state index contributed by atoms with van der Waals surface area (Å²) in [5.41, 5.74) is 2.00. The maximum Gasteiger partial charge on any atom is 0.332 e. The Hall–Kier alpha value is -4.14. The van der Waals surface area contributed by atoms with Gasteiger partial charge in [0.15, 0.2) is 11.2 Å². The molecule has 0 saturated heterocycles. The molecule has 2 aromatic heterocycles. The number of benzene rings is 2. The Morgan fingerprint density at radius 3 is 2.45 bits per heavy atom. The van der Waals surface area contributed by atoms with Crippen molar-refractivity contribution in [3.8, 4) is 16.9 Å². The summed E-state index contributed by atoms with van der Waals surface area (Å²) < 4.78 is 9.11. The van der Waals surface area contributed by atoms with Gasteiger partial charge in [-0.15, -0.1) is 0 Å². The molecule has 0 aliphatic rings. The van der Waals surface area contributed by atoms with E-state index in [0.717, 1.165) is 21.4 Å². The number of amides is 1. The molecule has 1 N–H and O–H groups in total. The van der Waals surface area contributed by atoms with Crippen molar-refractivity contribution < 1.29 is 9.53 Å². The van der Waals surface area contributed by atoms with Gasteiger partial charge in [-0.1, -0.05) is 30.3 Å². The highest BCUT2D eigenvalue weighted by Gasteiger charge is 2.16. The summed E-state index contributed by atoms with van der Waals surface area (Å²) in [5, 5.41) is 2.82. The maximum atomic E-state index is 12.6. The number of aryl methyl sites for hydroxylation is 1. The minimum atomic E-state index is -0.496. The summed E-state index contributed by atoms with van der Waals surface area (Å²) in [5.74, 6) is 0.447. The van der Waals surface area contributed by atoms with Gasteiger partial charge >= 0.3 is 5.69 Å². The van der Waals surface area contributed by atoms with E-state index in [9.17, 15) is 14.4 Å². The molecule has 0 aliphatic carbocycles. The van der Waals surface area contributed by atoms with Gasteiger partial charge < -0.3 is 14.6 Å². The first-order valence-corrected chi connectivity index (χ1v) is 9.55. The van der Waals surface area contributed by atoms with Gasteiger partial charge in [0.05, 0.1) is 13.4 Å². The molecule has 9 heteroatoms. The van der Waals surface area contributed by atoms with E-state index in [-0.39, 0.29) is 23.6 Å². The molecule has 158 valence electrons. The van der Waals surface area contributed by atoms with Crippen LogP contribution in [0.3, 0.4) is 0 Å². The van der Waals surface area contributed by atoms with Crippen LogP contribution in [-0.2, 0) is 25.4 Å². The molecule has 4 rings (SSSR count). The first-order chi connectivity index (χ1) is 14.9. The Kier molecular flexibility index (Phi) is 5.16. The standard InChI is InChI=1S/C22H21N5O4/c1-25-20-19(21(29)26(2)22(25)30)27(13-23-20)12-18(28)24-15-10-8-14(9-11-15)16-6-4-5-7-17(16)31-3/h4-11,13H,12H2,1-3H3,(H,24,28). The Balaban J connectivity index is 1.55. The van der Waals surface area contributed by atoms with Crippen molar-refractivity contribution in [1.29, 1.82) is 0 Å². The highest BCUT2D eigenvalue weighted by Crippen LogP contribution is 2.30. The van der Waals surface area contributed by atoms with Crippen LogP contribution in [0.4, 0.5) is 5.69 Å². The van der Waals surface area contributed by atoms with E-state index < -0.39 is 11.2 Å². The number of nitrogens with zero attached hydrogens (tertiary/aromatic N) is 4. The molecule has 2 heterocycles. The van der Waals surface area contributed by atoms with E-state index in [4.69, 9.17) is 4.74 Å². The Bertz CT molecular complexity index is 1400. The van der Waals surface area contributed by atoms with Crippen molar-refractivity contribution >= 4 is 22.8 Å². The van der Waals surface area contributed by atoms with Crippen molar-refractivity contribution in [1.82, 2.24) is 18.7 Å². The van der Waals surface area contributed by atoms with Gasteiger partial charge in [-0.2, -0.15) is 0 Å². The number of hydrogen-bond donors (Lipinski definition) is 1. The Morgan fingerprint density at radius 1 is 1.03 bits per heavy atom. The van der Waals surface area contributed by atoms with Crippen LogP contribution in [0.15, 0.2) is 64.4 Å². The number of rotatable bonds is 5. The van der Waals surface area contributed by atoms with Gasteiger partial charge in [-0.3, -0.25) is 18.7 Å². The number of nitrogens with one attached hydrogen (secondary N) is 1. The molecule has 0 bridgehead atoms. The summed E-state index contributed by atoms with van der Waals surface area (Å²) >= 11 is 0. The highest BCUT2D eigenvalue weighted by atomic mass is 16.5. The lowest BCUT2D eigenvalue weighted by Gasteiger charge is -2.10. The minimum Gasteiger partial charge on any atom is -0.496 e. The van der Waals surface area contributed by atoms with Gasteiger partial charge in [-0.25, -0.2) is 9.78 Å². The fourth-order valence-corrected chi connectivity index (χ4v) is 3.49. The van der Waals surface area contributed by atoms with Gasteiger partial charge in [0, 0.05) is 25.3 Å². The second-order valence-electron chi connectivity index (χ2n) is 7.08. The van der Waals surface area contributed by atoms with E-state index >= 15 is 0 Å². The molecule has 31 heavy (non-hydrogen) atoms. The minimum absolute atomic E-state index is 0.113. The molecule has 2 aromatic carbocycles. The predicted octanol–water partition coefficient (Wildman–Crippen LogP) is 1.75. The number of ether oxygens (including phenoxy) is 1. The summed E-state index contributed by atoms with van der Waals surface area (Å²) in [7, 11) is 4.55. The maximum absolute atomic E-state index is 12.6. The molecule has 0 atom stereocenters. The number of aromatic nitrogens is 4. The van der Waals surface area contributed by atoms with E-state index in [1.807, 2.05) is 36.4 Å². The zero-order chi connectivity index (χ0) is 22.1. The third kappa shape index (κ3) is 3.61. The molecule has 0 unspecified atom stereocenters. The lowest BCUT2D eigenvalue weighted by atomic mass is 10.0. The van der Waals surface area contributed by atoms with Crippen molar-refractivity contribution in [3.05, 3.63) is 75.7 Å². The van der Waals surface area contributed by atoms with Crippen molar-refractivity contribution in [2.75, 3.05) is 12.4 Å². The first-order valence-electron chi connectivity index (χ1n) is 9.55. The zero-order valence-corrected chi connectivity index (χ0v) is 17.3. The lowest BCUT2D eigenvalue weighted by molar-refractivity contribution is -0.116. The highest BCUT2D eigenvalue weighted by molar-refractivity contribution is 5.91. The normalized spacial score (nSPS) is 10.9. The number of imidazole rings is 1. The summed E-state index contributed by atoms with van der Waals surface area (Å²) in [4.78, 5) is 41.2. The SMILES string of the molecule is COc1ccccc1-c1ccc(NC(=O)Cn2cnc3c2c(=O)n(C)c(=O)n3C)cc1. The topological polar surface area (TPSA) is 100 Å². The van der Waals surface area contributed by atoms with Gasteiger partial charge in [0.25, 0.3) is 5.56 Å². The molecule has 0 spiro atoms. The number of carbonyl (C=O) groups excluding carboxylic acids is 1. The van der Waals surface area contributed by atoms with Crippen LogP contribution in [0.1, 0.15) is 0 Å². The van der Waals surface area contributed by atoms with Crippen LogP contribution in [0.2, 0.25) is 0 Å². The van der Waals surface area contributed by atoms with Gasteiger partial charge in [0.1, 0.15) is 12.3 Å². The van der Waals surface area contributed by atoms with Gasteiger partial charge in [0.2, 0.25) is 5.91 Å². The van der Waals surface area contributed by atoms with Crippen molar-refractivity contribution in [2.24, 2.45) is 14.1 Å².